The summed E-state index contributed by atoms with van der Waals surface area (Å²) in [6.07, 6.45) is 0. The van der Waals surface area contributed by atoms with E-state index in [4.69, 9.17) is 0 Å². The number of benzene rings is 8. The summed E-state index contributed by atoms with van der Waals surface area (Å²) in [5.74, 6) is 0.330. The van der Waals surface area contributed by atoms with Gasteiger partial charge in [-0.1, -0.05) is 158 Å². The van der Waals surface area contributed by atoms with Gasteiger partial charge in [0.15, 0.2) is 0 Å². The Bertz CT molecular complexity index is 2690. The van der Waals surface area contributed by atoms with E-state index in [0.717, 1.165) is 11.4 Å². The van der Waals surface area contributed by atoms with E-state index in [9.17, 15) is 0 Å². The van der Waals surface area contributed by atoms with Crippen LogP contribution >= 0.6 is 0 Å². The maximum absolute atomic E-state index is 2.49. The number of nitrogens with zero attached hydrogens (tertiary/aromatic N) is 1. The quantitative estimate of drug-likeness (QED) is 0.179. The number of fused-ring (bicyclic) bond motifs is 13. The summed E-state index contributed by atoms with van der Waals surface area (Å²) >= 11 is 0. The van der Waals surface area contributed by atoms with E-state index in [-0.39, 0.29) is 0 Å². The van der Waals surface area contributed by atoms with Crippen LogP contribution in [0.2, 0.25) is 0 Å². The Kier molecular flexibility index (Phi) is 6.43. The van der Waals surface area contributed by atoms with Gasteiger partial charge >= 0.3 is 0 Å². The monoisotopic (exact) mass is 675 g/mol. The van der Waals surface area contributed by atoms with Gasteiger partial charge in [0.1, 0.15) is 0 Å². The van der Waals surface area contributed by atoms with E-state index < -0.39 is 5.41 Å². The van der Waals surface area contributed by atoms with Gasteiger partial charge in [0.2, 0.25) is 0 Å². The van der Waals surface area contributed by atoms with Crippen molar-refractivity contribution in [3.05, 3.63) is 221 Å². The molecule has 250 valence electrons. The van der Waals surface area contributed by atoms with Gasteiger partial charge in [0.25, 0.3) is 0 Å². The lowest BCUT2D eigenvalue weighted by Gasteiger charge is -2.32. The SMILES string of the molecule is Cc1ccc(-c2ccc(N(c3ccc4c(c3)C(C)c3ccccc3-4)c3ccc4c(c3)C3(c5ccccc5-c5ccccc53)c3ccccc3-4)cc2)cc1. The van der Waals surface area contributed by atoms with Crippen LogP contribution in [0.25, 0.3) is 44.5 Å². The Labute approximate surface area is 311 Å². The first kappa shape index (κ1) is 30.2. The van der Waals surface area contributed by atoms with Crippen molar-refractivity contribution < 1.29 is 0 Å². The first-order chi connectivity index (χ1) is 26.1. The molecule has 11 rings (SSSR count). The zero-order chi connectivity index (χ0) is 35.3. The molecule has 0 saturated carbocycles. The molecule has 1 spiro atoms. The number of rotatable bonds is 4. The second-order valence-corrected chi connectivity index (χ2v) is 14.9. The van der Waals surface area contributed by atoms with Gasteiger partial charge in [-0.05, 0) is 121 Å². The van der Waals surface area contributed by atoms with Crippen LogP contribution < -0.4 is 4.90 Å². The molecule has 0 bridgehead atoms. The van der Waals surface area contributed by atoms with Crippen LogP contribution in [0.3, 0.4) is 0 Å². The summed E-state index contributed by atoms with van der Waals surface area (Å²) in [4.78, 5) is 2.47. The molecular formula is C52H37N. The van der Waals surface area contributed by atoms with Crippen LogP contribution in [-0.4, -0.2) is 0 Å². The highest BCUT2D eigenvalue weighted by molar-refractivity contribution is 5.96. The highest BCUT2D eigenvalue weighted by Crippen LogP contribution is 2.63. The maximum atomic E-state index is 2.49. The lowest BCUT2D eigenvalue weighted by Crippen LogP contribution is -2.26. The smallest absolute Gasteiger partial charge is 0.0726 e. The Morgan fingerprint density at radius 2 is 0.811 bits per heavy atom. The molecule has 3 aliphatic carbocycles. The second kappa shape index (κ2) is 11.3. The van der Waals surface area contributed by atoms with Crippen LogP contribution in [0.15, 0.2) is 182 Å². The fourth-order valence-corrected chi connectivity index (χ4v) is 9.80. The van der Waals surface area contributed by atoms with Crippen LogP contribution in [0, 0.1) is 6.92 Å². The molecule has 1 unspecified atom stereocenters. The van der Waals surface area contributed by atoms with E-state index in [1.165, 1.54) is 89.1 Å². The van der Waals surface area contributed by atoms with E-state index in [1.54, 1.807) is 0 Å². The van der Waals surface area contributed by atoms with Gasteiger partial charge in [-0.2, -0.15) is 0 Å². The molecule has 0 aliphatic heterocycles. The standard InChI is InChI=1S/C52H37N/c1-33-19-21-35(22-20-33)36-23-25-37(26-24-36)53(38-27-29-42-41-12-4-3-11-40(41)34(2)47(42)31-38)39-28-30-46-45-15-7-10-18-50(45)52(51(46)32-39)48-16-8-5-13-43(48)44-14-6-9-17-49(44)52/h3-32,34H,1-2H3. The predicted molar refractivity (Wildman–Crippen MR) is 221 cm³/mol. The van der Waals surface area contributed by atoms with Gasteiger partial charge in [-0.3, -0.25) is 0 Å². The normalized spacial score (nSPS) is 14.9. The molecular weight excluding hydrogens is 639 g/mol. The van der Waals surface area contributed by atoms with Crippen molar-refractivity contribution in [3.63, 3.8) is 0 Å². The molecule has 0 saturated heterocycles. The van der Waals surface area contributed by atoms with Gasteiger partial charge in [0, 0.05) is 23.0 Å². The lowest BCUT2D eigenvalue weighted by atomic mass is 9.70. The van der Waals surface area contributed by atoms with Gasteiger partial charge in [-0.25, -0.2) is 0 Å². The molecule has 0 aromatic heterocycles. The third-order valence-electron chi connectivity index (χ3n) is 12.2. The van der Waals surface area contributed by atoms with Crippen LogP contribution in [-0.2, 0) is 5.41 Å². The fourth-order valence-electron chi connectivity index (χ4n) is 9.80. The average Bonchev–Trinajstić information content (AvgIpc) is 3.79. The van der Waals surface area contributed by atoms with Crippen LogP contribution in [0.5, 0.6) is 0 Å². The number of hydrogen-bond acceptors (Lipinski definition) is 1. The van der Waals surface area contributed by atoms with Crippen molar-refractivity contribution in [2.75, 3.05) is 4.90 Å². The lowest BCUT2D eigenvalue weighted by molar-refractivity contribution is 0.793. The summed E-state index contributed by atoms with van der Waals surface area (Å²) in [7, 11) is 0. The van der Waals surface area contributed by atoms with Crippen molar-refractivity contribution in [1.82, 2.24) is 0 Å². The molecule has 8 aromatic rings. The number of anilines is 3. The Balaban J connectivity index is 1.14. The average molecular weight is 676 g/mol. The minimum Gasteiger partial charge on any atom is -0.310 e. The first-order valence-electron chi connectivity index (χ1n) is 18.8. The number of hydrogen-bond donors (Lipinski definition) is 0. The summed E-state index contributed by atoms with van der Waals surface area (Å²) in [5, 5.41) is 0. The molecule has 0 amide bonds. The van der Waals surface area contributed by atoms with Crippen molar-refractivity contribution >= 4 is 17.1 Å². The van der Waals surface area contributed by atoms with E-state index in [2.05, 4.69) is 201 Å². The van der Waals surface area contributed by atoms with Gasteiger partial charge in [-0.15, -0.1) is 0 Å². The predicted octanol–water partition coefficient (Wildman–Crippen LogP) is 13.6. The summed E-state index contributed by atoms with van der Waals surface area (Å²) in [6.45, 7) is 4.49. The Hall–Kier alpha value is -6.44. The van der Waals surface area contributed by atoms with Crippen molar-refractivity contribution in [1.29, 1.82) is 0 Å². The third-order valence-corrected chi connectivity index (χ3v) is 12.2. The molecule has 8 aromatic carbocycles. The largest absolute Gasteiger partial charge is 0.310 e. The summed E-state index contributed by atoms with van der Waals surface area (Å²) in [5.41, 5.74) is 23.0. The summed E-state index contributed by atoms with van der Waals surface area (Å²) in [6, 6.07) is 68.3. The Morgan fingerprint density at radius 1 is 0.377 bits per heavy atom. The minimum absolute atomic E-state index is 0.330. The van der Waals surface area contributed by atoms with Gasteiger partial charge < -0.3 is 4.90 Å². The van der Waals surface area contributed by atoms with Crippen molar-refractivity contribution in [2.24, 2.45) is 0 Å². The van der Waals surface area contributed by atoms with Crippen LogP contribution in [0.4, 0.5) is 17.1 Å². The second-order valence-electron chi connectivity index (χ2n) is 14.9. The molecule has 0 heterocycles. The fraction of sp³-hybridized carbons (Fsp3) is 0.0769. The zero-order valence-electron chi connectivity index (χ0n) is 29.8. The summed E-state index contributed by atoms with van der Waals surface area (Å²) < 4.78 is 0. The molecule has 53 heavy (non-hydrogen) atoms. The maximum Gasteiger partial charge on any atom is 0.0726 e. The minimum atomic E-state index is -0.399. The number of aryl methyl sites for hydroxylation is 1. The molecule has 0 N–H and O–H groups in total. The van der Waals surface area contributed by atoms with Crippen LogP contribution in [0.1, 0.15) is 51.8 Å². The van der Waals surface area contributed by atoms with Crippen molar-refractivity contribution in [3.8, 4) is 44.5 Å². The highest BCUT2D eigenvalue weighted by Gasteiger charge is 2.51. The highest BCUT2D eigenvalue weighted by atomic mass is 15.1. The molecule has 1 atom stereocenters. The topological polar surface area (TPSA) is 3.24 Å². The first-order valence-corrected chi connectivity index (χ1v) is 18.8. The molecule has 0 radical (unpaired) electrons. The third kappa shape index (κ3) is 4.19. The van der Waals surface area contributed by atoms with E-state index in [0.29, 0.717) is 5.92 Å². The molecule has 0 fully saturated rings. The van der Waals surface area contributed by atoms with Crippen molar-refractivity contribution in [2.45, 2.75) is 25.2 Å². The molecule has 1 nitrogen and oxygen atoms in total. The van der Waals surface area contributed by atoms with E-state index >= 15 is 0 Å². The molecule has 3 aliphatic rings. The molecule has 1 heteroatoms. The Morgan fingerprint density at radius 3 is 1.42 bits per heavy atom. The van der Waals surface area contributed by atoms with E-state index in [1.807, 2.05) is 0 Å². The zero-order valence-corrected chi connectivity index (χ0v) is 29.8. The van der Waals surface area contributed by atoms with Gasteiger partial charge in [0.05, 0.1) is 5.41 Å².